The average molecular weight is 322 g/mol. The lowest BCUT2D eigenvalue weighted by molar-refractivity contribution is 0.138. The van der Waals surface area contributed by atoms with E-state index in [0.717, 1.165) is 22.4 Å². The smallest absolute Gasteiger partial charge is 0.435 e. The fraction of sp³-hybridized carbons (Fsp3) is 0.158. The molecule has 0 unspecified atom stereocenters. The molecular formula is C19H18N2O3. The molecule has 0 saturated carbocycles. The van der Waals surface area contributed by atoms with Crippen LogP contribution < -0.4 is 4.74 Å². The number of benzene rings is 2. The van der Waals surface area contributed by atoms with Crippen molar-refractivity contribution in [1.29, 1.82) is 0 Å². The van der Waals surface area contributed by atoms with Gasteiger partial charge in [-0.15, -0.1) is 0 Å². The second kappa shape index (κ2) is 7.46. The van der Waals surface area contributed by atoms with E-state index in [1.54, 1.807) is 12.4 Å². The van der Waals surface area contributed by atoms with Crippen LogP contribution in [-0.4, -0.2) is 15.9 Å². The first-order chi connectivity index (χ1) is 11.7. The lowest BCUT2D eigenvalue weighted by atomic mass is 10.2. The Balaban J connectivity index is 1.50. The number of hydrogen-bond acceptors (Lipinski definition) is 4. The largest absolute Gasteiger partial charge is 0.489 e. The van der Waals surface area contributed by atoms with E-state index in [0.29, 0.717) is 6.61 Å². The third-order valence-corrected chi connectivity index (χ3v) is 3.43. The Bertz CT molecular complexity index is 795. The van der Waals surface area contributed by atoms with Crippen LogP contribution in [0.15, 0.2) is 67.0 Å². The maximum atomic E-state index is 11.8. The van der Waals surface area contributed by atoms with E-state index < -0.39 is 6.09 Å². The van der Waals surface area contributed by atoms with Crippen LogP contribution in [0, 0.1) is 6.92 Å². The minimum atomic E-state index is -0.493. The van der Waals surface area contributed by atoms with Gasteiger partial charge in [0, 0.05) is 6.20 Å². The molecule has 0 aliphatic rings. The maximum Gasteiger partial charge on any atom is 0.435 e. The van der Waals surface area contributed by atoms with E-state index in [-0.39, 0.29) is 6.61 Å². The number of carbonyl (C=O) groups is 1. The van der Waals surface area contributed by atoms with Crippen LogP contribution in [0.25, 0.3) is 0 Å². The highest BCUT2D eigenvalue weighted by molar-refractivity contribution is 5.69. The van der Waals surface area contributed by atoms with Gasteiger partial charge in [0.05, 0.1) is 6.20 Å². The molecule has 1 aromatic heterocycles. The fourth-order valence-corrected chi connectivity index (χ4v) is 2.15. The van der Waals surface area contributed by atoms with Crippen molar-refractivity contribution in [3.8, 4) is 5.75 Å². The standard InChI is InChI=1S/C19H18N2O3/c1-15-11-20-21(12-15)19(22)24-14-17-7-9-18(10-8-17)23-13-16-5-3-2-4-6-16/h2-12H,13-14H2,1H3. The Labute approximate surface area is 140 Å². The van der Waals surface area contributed by atoms with E-state index in [1.807, 2.05) is 61.5 Å². The average Bonchev–Trinajstić information content (AvgIpc) is 3.06. The normalized spacial score (nSPS) is 10.4. The number of ether oxygens (including phenoxy) is 2. The molecule has 2 aromatic carbocycles. The van der Waals surface area contributed by atoms with Crippen molar-refractivity contribution in [3.05, 3.63) is 83.7 Å². The molecule has 0 fully saturated rings. The Morgan fingerprint density at radius 1 is 1.00 bits per heavy atom. The molecule has 3 rings (SSSR count). The summed E-state index contributed by atoms with van der Waals surface area (Å²) in [6.45, 7) is 2.58. The summed E-state index contributed by atoms with van der Waals surface area (Å²) in [4.78, 5) is 11.8. The first-order valence-corrected chi connectivity index (χ1v) is 7.65. The third kappa shape index (κ3) is 4.23. The van der Waals surface area contributed by atoms with Crippen LogP contribution in [0.4, 0.5) is 4.79 Å². The summed E-state index contributed by atoms with van der Waals surface area (Å²) in [5, 5.41) is 3.92. The zero-order valence-corrected chi connectivity index (χ0v) is 13.4. The Morgan fingerprint density at radius 2 is 1.71 bits per heavy atom. The molecule has 0 spiro atoms. The van der Waals surface area contributed by atoms with Crippen molar-refractivity contribution in [2.75, 3.05) is 0 Å². The van der Waals surface area contributed by atoms with Crippen LogP contribution >= 0.6 is 0 Å². The van der Waals surface area contributed by atoms with Crippen molar-refractivity contribution in [2.24, 2.45) is 0 Å². The van der Waals surface area contributed by atoms with Gasteiger partial charge in [-0.3, -0.25) is 0 Å². The summed E-state index contributed by atoms with van der Waals surface area (Å²) in [5.74, 6) is 0.775. The second-order valence-corrected chi connectivity index (χ2v) is 5.44. The van der Waals surface area contributed by atoms with Gasteiger partial charge in [-0.25, -0.2) is 4.79 Å². The summed E-state index contributed by atoms with van der Waals surface area (Å²) in [6.07, 6.45) is 2.75. The number of aryl methyl sites for hydroxylation is 1. The van der Waals surface area contributed by atoms with Crippen molar-refractivity contribution >= 4 is 6.09 Å². The molecule has 0 radical (unpaired) electrons. The molecular weight excluding hydrogens is 304 g/mol. The van der Waals surface area contributed by atoms with Crippen LogP contribution in [0.5, 0.6) is 5.75 Å². The predicted octanol–water partition coefficient (Wildman–Crippen LogP) is 3.96. The molecule has 0 bridgehead atoms. The van der Waals surface area contributed by atoms with Crippen LogP contribution in [0.3, 0.4) is 0 Å². The highest BCUT2D eigenvalue weighted by Crippen LogP contribution is 2.15. The number of nitrogens with zero attached hydrogens (tertiary/aromatic N) is 2. The van der Waals surface area contributed by atoms with Gasteiger partial charge in [0.1, 0.15) is 19.0 Å². The van der Waals surface area contributed by atoms with E-state index >= 15 is 0 Å². The summed E-state index contributed by atoms with van der Waals surface area (Å²) in [7, 11) is 0. The highest BCUT2D eigenvalue weighted by atomic mass is 16.6. The number of hydrogen-bond donors (Lipinski definition) is 0. The van der Waals surface area contributed by atoms with Crippen LogP contribution in [0.1, 0.15) is 16.7 Å². The molecule has 0 atom stereocenters. The van der Waals surface area contributed by atoms with Crippen LogP contribution in [0.2, 0.25) is 0 Å². The van der Waals surface area contributed by atoms with Crippen molar-refractivity contribution < 1.29 is 14.3 Å². The first kappa shape index (κ1) is 15.8. The Kier molecular flexibility index (Phi) is 4.91. The van der Waals surface area contributed by atoms with Gasteiger partial charge in [0.15, 0.2) is 0 Å². The lowest BCUT2D eigenvalue weighted by Gasteiger charge is -2.08. The van der Waals surface area contributed by atoms with Crippen LogP contribution in [-0.2, 0) is 18.0 Å². The molecule has 0 N–H and O–H groups in total. The SMILES string of the molecule is Cc1cnn(C(=O)OCc2ccc(OCc3ccccc3)cc2)c1. The highest BCUT2D eigenvalue weighted by Gasteiger charge is 2.07. The minimum absolute atomic E-state index is 0.191. The molecule has 122 valence electrons. The monoisotopic (exact) mass is 322 g/mol. The zero-order chi connectivity index (χ0) is 16.8. The van der Waals surface area contributed by atoms with Gasteiger partial charge >= 0.3 is 6.09 Å². The minimum Gasteiger partial charge on any atom is -0.489 e. The summed E-state index contributed by atoms with van der Waals surface area (Å²) >= 11 is 0. The van der Waals surface area contributed by atoms with Gasteiger partial charge in [0.2, 0.25) is 0 Å². The van der Waals surface area contributed by atoms with Gasteiger partial charge in [-0.1, -0.05) is 42.5 Å². The van der Waals surface area contributed by atoms with Crippen molar-refractivity contribution in [2.45, 2.75) is 20.1 Å². The van der Waals surface area contributed by atoms with Gasteiger partial charge < -0.3 is 9.47 Å². The summed E-state index contributed by atoms with van der Waals surface area (Å²) < 4.78 is 12.1. The second-order valence-electron chi connectivity index (χ2n) is 5.44. The predicted molar refractivity (Wildman–Crippen MR) is 89.8 cm³/mol. The Hall–Kier alpha value is -3.08. The zero-order valence-electron chi connectivity index (χ0n) is 13.4. The van der Waals surface area contributed by atoms with Gasteiger partial charge in [-0.2, -0.15) is 9.78 Å². The first-order valence-electron chi connectivity index (χ1n) is 7.65. The van der Waals surface area contributed by atoms with E-state index in [2.05, 4.69) is 5.10 Å². The maximum absolute atomic E-state index is 11.8. The topological polar surface area (TPSA) is 53.4 Å². The van der Waals surface area contributed by atoms with Gasteiger partial charge in [-0.05, 0) is 35.7 Å². The molecule has 0 aliphatic heterocycles. The summed E-state index contributed by atoms with van der Waals surface area (Å²) in [6, 6.07) is 17.5. The number of rotatable bonds is 5. The van der Waals surface area contributed by atoms with Crippen molar-refractivity contribution in [1.82, 2.24) is 9.78 Å². The molecule has 24 heavy (non-hydrogen) atoms. The molecule has 1 heterocycles. The molecule has 3 aromatic rings. The summed E-state index contributed by atoms with van der Waals surface area (Å²) in [5.41, 5.74) is 2.91. The third-order valence-electron chi connectivity index (χ3n) is 3.43. The Morgan fingerprint density at radius 3 is 2.38 bits per heavy atom. The molecule has 0 aliphatic carbocycles. The molecule has 5 nitrogen and oxygen atoms in total. The molecule has 0 saturated heterocycles. The lowest BCUT2D eigenvalue weighted by Crippen LogP contribution is -2.13. The molecule has 5 heteroatoms. The molecule has 0 amide bonds. The van der Waals surface area contributed by atoms with Crippen molar-refractivity contribution in [3.63, 3.8) is 0 Å². The van der Waals surface area contributed by atoms with E-state index in [9.17, 15) is 4.79 Å². The number of carbonyl (C=O) groups excluding carboxylic acids is 1. The van der Waals surface area contributed by atoms with E-state index in [4.69, 9.17) is 9.47 Å². The van der Waals surface area contributed by atoms with Gasteiger partial charge in [0.25, 0.3) is 0 Å². The fourth-order valence-electron chi connectivity index (χ4n) is 2.15. The van der Waals surface area contributed by atoms with E-state index in [1.165, 1.54) is 4.68 Å². The quantitative estimate of drug-likeness (QED) is 0.713. The number of aromatic nitrogens is 2.